The van der Waals surface area contributed by atoms with Crippen molar-refractivity contribution in [2.24, 2.45) is 0 Å². The molecular formula is C13H11Cl3N2O. The summed E-state index contributed by atoms with van der Waals surface area (Å²) in [6.45, 7) is 2.48. The number of aromatic nitrogens is 2. The molecule has 19 heavy (non-hydrogen) atoms. The van der Waals surface area contributed by atoms with Crippen molar-refractivity contribution in [3.8, 4) is 0 Å². The molecule has 0 saturated carbocycles. The molecule has 2 aromatic rings. The number of halogens is 3. The van der Waals surface area contributed by atoms with Crippen LogP contribution in [0.3, 0.4) is 0 Å². The first-order chi connectivity index (χ1) is 9.02. The van der Waals surface area contributed by atoms with Crippen molar-refractivity contribution >= 4 is 40.6 Å². The molecule has 0 radical (unpaired) electrons. The minimum Gasteiger partial charge on any atom is -0.292 e. The lowest BCUT2D eigenvalue weighted by molar-refractivity contribution is 0.0983. The Morgan fingerprint density at radius 2 is 2.00 bits per heavy atom. The van der Waals surface area contributed by atoms with E-state index < -0.39 is 0 Å². The highest BCUT2D eigenvalue weighted by Gasteiger charge is 2.18. The highest BCUT2D eigenvalue weighted by atomic mass is 35.5. The second-order valence-corrected chi connectivity index (χ2v) is 5.24. The van der Waals surface area contributed by atoms with E-state index >= 15 is 0 Å². The van der Waals surface area contributed by atoms with Crippen LogP contribution in [0, 0.1) is 0 Å². The van der Waals surface area contributed by atoms with Crippen molar-refractivity contribution in [2.75, 3.05) is 0 Å². The Morgan fingerprint density at radius 1 is 1.26 bits per heavy atom. The molecule has 1 aromatic carbocycles. The second kappa shape index (κ2) is 5.95. The maximum absolute atomic E-state index is 12.3. The SMILES string of the molecule is CCn1ncc(Cl)c1C(=O)Cc1ccc(Cl)cc1Cl. The van der Waals surface area contributed by atoms with Crippen LogP contribution in [0.2, 0.25) is 15.1 Å². The van der Waals surface area contributed by atoms with Gasteiger partial charge >= 0.3 is 0 Å². The van der Waals surface area contributed by atoms with E-state index in [0.717, 1.165) is 5.56 Å². The van der Waals surface area contributed by atoms with E-state index in [0.29, 0.717) is 27.3 Å². The van der Waals surface area contributed by atoms with Crippen molar-refractivity contribution in [1.82, 2.24) is 9.78 Å². The van der Waals surface area contributed by atoms with Gasteiger partial charge in [-0.05, 0) is 24.6 Å². The third-order valence-electron chi connectivity index (χ3n) is 2.72. The molecule has 1 aromatic heterocycles. The van der Waals surface area contributed by atoms with Crippen LogP contribution in [0.25, 0.3) is 0 Å². The van der Waals surface area contributed by atoms with E-state index in [-0.39, 0.29) is 12.2 Å². The van der Waals surface area contributed by atoms with Crippen LogP contribution in [-0.4, -0.2) is 15.6 Å². The number of carbonyl (C=O) groups is 1. The summed E-state index contributed by atoms with van der Waals surface area (Å²) in [5.74, 6) is -0.117. The molecule has 0 unspecified atom stereocenters. The van der Waals surface area contributed by atoms with Gasteiger partial charge in [-0.15, -0.1) is 0 Å². The summed E-state index contributed by atoms with van der Waals surface area (Å²) in [6, 6.07) is 5.06. The number of nitrogens with zero attached hydrogens (tertiary/aromatic N) is 2. The molecular weight excluding hydrogens is 307 g/mol. The minimum absolute atomic E-state index is 0.117. The fraction of sp³-hybridized carbons (Fsp3) is 0.231. The number of hydrogen-bond acceptors (Lipinski definition) is 2. The molecule has 0 N–H and O–H groups in total. The van der Waals surface area contributed by atoms with Gasteiger partial charge in [-0.2, -0.15) is 5.10 Å². The average molecular weight is 318 g/mol. The smallest absolute Gasteiger partial charge is 0.186 e. The Kier molecular flexibility index (Phi) is 4.50. The van der Waals surface area contributed by atoms with E-state index in [1.165, 1.54) is 6.20 Å². The summed E-state index contributed by atoms with van der Waals surface area (Å²) >= 11 is 17.9. The number of ketones is 1. The summed E-state index contributed by atoms with van der Waals surface area (Å²) in [5, 5.41) is 5.41. The largest absolute Gasteiger partial charge is 0.292 e. The van der Waals surface area contributed by atoms with Crippen molar-refractivity contribution < 1.29 is 4.79 Å². The lowest BCUT2D eigenvalue weighted by Gasteiger charge is -2.06. The van der Waals surface area contributed by atoms with Crippen LogP contribution in [0.5, 0.6) is 0 Å². The summed E-state index contributed by atoms with van der Waals surface area (Å²) in [4.78, 5) is 12.3. The van der Waals surface area contributed by atoms with Gasteiger partial charge in [0.05, 0.1) is 11.2 Å². The van der Waals surface area contributed by atoms with E-state index in [9.17, 15) is 4.79 Å². The first-order valence-electron chi connectivity index (χ1n) is 5.71. The number of Topliss-reactive ketones (excluding diaryl/α,β-unsaturated/α-hetero) is 1. The Bertz CT molecular complexity index is 622. The molecule has 0 saturated heterocycles. The number of rotatable bonds is 4. The number of hydrogen-bond donors (Lipinski definition) is 0. The molecule has 1 heterocycles. The molecule has 0 amide bonds. The molecule has 6 heteroatoms. The molecule has 0 bridgehead atoms. The van der Waals surface area contributed by atoms with Gasteiger partial charge in [0.1, 0.15) is 5.69 Å². The third-order valence-corrected chi connectivity index (χ3v) is 3.59. The monoisotopic (exact) mass is 316 g/mol. The lowest BCUT2D eigenvalue weighted by atomic mass is 10.1. The zero-order valence-corrected chi connectivity index (χ0v) is 12.4. The fourth-order valence-corrected chi connectivity index (χ4v) is 2.52. The maximum Gasteiger partial charge on any atom is 0.186 e. The Labute approximate surface area is 126 Å². The predicted octanol–water partition coefficient (Wildman–Crippen LogP) is 4.29. The van der Waals surface area contributed by atoms with Gasteiger partial charge in [0.2, 0.25) is 0 Å². The van der Waals surface area contributed by atoms with E-state index in [1.54, 1.807) is 22.9 Å². The van der Waals surface area contributed by atoms with Crippen LogP contribution < -0.4 is 0 Å². The van der Waals surface area contributed by atoms with Crippen LogP contribution in [-0.2, 0) is 13.0 Å². The van der Waals surface area contributed by atoms with Crippen molar-refractivity contribution in [3.63, 3.8) is 0 Å². The highest BCUT2D eigenvalue weighted by Crippen LogP contribution is 2.24. The maximum atomic E-state index is 12.3. The summed E-state index contributed by atoms with van der Waals surface area (Å²) in [6.07, 6.45) is 1.64. The van der Waals surface area contributed by atoms with Gasteiger partial charge in [-0.25, -0.2) is 0 Å². The molecule has 0 atom stereocenters. The molecule has 2 rings (SSSR count). The predicted molar refractivity (Wildman–Crippen MR) is 77.4 cm³/mol. The van der Waals surface area contributed by atoms with Gasteiger partial charge in [0.15, 0.2) is 5.78 Å². The third kappa shape index (κ3) is 3.11. The first-order valence-corrected chi connectivity index (χ1v) is 6.84. The molecule has 0 aliphatic heterocycles. The van der Waals surface area contributed by atoms with Crippen molar-refractivity contribution in [1.29, 1.82) is 0 Å². The van der Waals surface area contributed by atoms with E-state index in [1.807, 2.05) is 6.92 Å². The average Bonchev–Trinajstić information content (AvgIpc) is 2.74. The Morgan fingerprint density at radius 3 is 2.63 bits per heavy atom. The van der Waals surface area contributed by atoms with Gasteiger partial charge in [0, 0.05) is 23.0 Å². The standard InChI is InChI=1S/C13H11Cl3N2O/c1-2-18-13(11(16)7-17-18)12(19)5-8-3-4-9(14)6-10(8)15/h3-4,6-7H,2,5H2,1H3. The van der Waals surface area contributed by atoms with Crippen LogP contribution >= 0.6 is 34.8 Å². The quantitative estimate of drug-likeness (QED) is 0.789. The van der Waals surface area contributed by atoms with E-state index in [2.05, 4.69) is 5.10 Å². The number of benzene rings is 1. The van der Waals surface area contributed by atoms with Crippen LogP contribution in [0.1, 0.15) is 23.0 Å². The fourth-order valence-electron chi connectivity index (χ4n) is 1.80. The van der Waals surface area contributed by atoms with Gasteiger partial charge < -0.3 is 0 Å². The summed E-state index contributed by atoms with van der Waals surface area (Å²) in [7, 11) is 0. The summed E-state index contributed by atoms with van der Waals surface area (Å²) in [5.41, 5.74) is 1.13. The normalized spacial score (nSPS) is 10.7. The van der Waals surface area contributed by atoms with Crippen LogP contribution in [0.4, 0.5) is 0 Å². The number of aryl methyl sites for hydroxylation is 1. The second-order valence-electron chi connectivity index (χ2n) is 3.99. The molecule has 0 fully saturated rings. The highest BCUT2D eigenvalue weighted by molar-refractivity contribution is 6.35. The van der Waals surface area contributed by atoms with Gasteiger partial charge in [-0.3, -0.25) is 9.48 Å². The van der Waals surface area contributed by atoms with Crippen molar-refractivity contribution in [3.05, 3.63) is 50.7 Å². The molecule has 0 spiro atoms. The zero-order valence-electron chi connectivity index (χ0n) is 10.2. The molecule has 100 valence electrons. The molecule has 0 aliphatic carbocycles. The number of carbonyl (C=O) groups excluding carboxylic acids is 1. The molecule has 0 aliphatic rings. The van der Waals surface area contributed by atoms with Crippen molar-refractivity contribution in [2.45, 2.75) is 19.9 Å². The molecule has 3 nitrogen and oxygen atoms in total. The Balaban J connectivity index is 2.28. The minimum atomic E-state index is -0.117. The van der Waals surface area contributed by atoms with Crippen LogP contribution in [0.15, 0.2) is 24.4 Å². The first kappa shape index (κ1) is 14.4. The van der Waals surface area contributed by atoms with Gasteiger partial charge in [-0.1, -0.05) is 40.9 Å². The zero-order chi connectivity index (χ0) is 14.0. The van der Waals surface area contributed by atoms with Gasteiger partial charge in [0.25, 0.3) is 0 Å². The topological polar surface area (TPSA) is 34.9 Å². The summed E-state index contributed by atoms with van der Waals surface area (Å²) < 4.78 is 1.58. The van der Waals surface area contributed by atoms with E-state index in [4.69, 9.17) is 34.8 Å². The Hall–Kier alpha value is -1.03. The lowest BCUT2D eigenvalue weighted by Crippen LogP contribution is -2.12.